The van der Waals surface area contributed by atoms with Gasteiger partial charge in [0.05, 0.1) is 12.1 Å². The first kappa shape index (κ1) is 15.7. The molecule has 0 bridgehead atoms. The van der Waals surface area contributed by atoms with Crippen LogP contribution < -0.4 is 15.2 Å². The van der Waals surface area contributed by atoms with Crippen LogP contribution in [-0.4, -0.2) is 7.11 Å². The third-order valence-electron chi connectivity index (χ3n) is 3.34. The van der Waals surface area contributed by atoms with Gasteiger partial charge in [0.1, 0.15) is 5.75 Å². The summed E-state index contributed by atoms with van der Waals surface area (Å²) in [6.07, 6.45) is 0.945. The lowest BCUT2D eigenvalue weighted by Gasteiger charge is -2.14. The molecule has 0 aromatic heterocycles. The Morgan fingerprint density at radius 2 is 1.81 bits per heavy atom. The molecule has 0 amide bonds. The number of rotatable bonds is 5. The molecule has 0 saturated heterocycles. The lowest BCUT2D eigenvalue weighted by Crippen LogP contribution is -2.04. The SMILES string of the molecule is CCc1ccc(Oc2ccc([C@@H](C)N)cc2Cl)c(OC)c1. The van der Waals surface area contributed by atoms with E-state index in [9.17, 15) is 0 Å². The Morgan fingerprint density at radius 1 is 1.10 bits per heavy atom. The first-order chi connectivity index (χ1) is 10.0. The number of aryl methyl sites for hydroxylation is 1. The summed E-state index contributed by atoms with van der Waals surface area (Å²) in [6, 6.07) is 11.4. The van der Waals surface area contributed by atoms with E-state index in [0.717, 1.165) is 12.0 Å². The number of halogens is 1. The fourth-order valence-corrected chi connectivity index (χ4v) is 2.25. The molecule has 0 unspecified atom stereocenters. The predicted molar refractivity (Wildman–Crippen MR) is 86.5 cm³/mol. The maximum Gasteiger partial charge on any atom is 0.169 e. The summed E-state index contributed by atoms with van der Waals surface area (Å²) >= 11 is 6.26. The predicted octanol–water partition coefficient (Wildman–Crippen LogP) is 4.72. The molecule has 0 aliphatic rings. The molecular formula is C17H20ClNO2. The van der Waals surface area contributed by atoms with Gasteiger partial charge in [-0.3, -0.25) is 0 Å². The van der Waals surface area contributed by atoms with Crippen LogP contribution in [0.4, 0.5) is 0 Å². The standard InChI is InChI=1S/C17H20ClNO2/c1-4-12-5-7-16(17(9-12)20-3)21-15-8-6-13(11(2)19)10-14(15)18/h5-11H,4,19H2,1-3H3/t11-/m1/s1. The van der Waals surface area contributed by atoms with Crippen LogP contribution >= 0.6 is 11.6 Å². The number of nitrogens with two attached hydrogens (primary N) is 1. The van der Waals surface area contributed by atoms with Gasteiger partial charge in [-0.2, -0.15) is 0 Å². The van der Waals surface area contributed by atoms with Gasteiger partial charge in [-0.15, -0.1) is 0 Å². The summed E-state index contributed by atoms with van der Waals surface area (Å²) in [7, 11) is 1.63. The molecule has 2 aromatic carbocycles. The number of ether oxygens (including phenoxy) is 2. The first-order valence-electron chi connectivity index (χ1n) is 6.95. The van der Waals surface area contributed by atoms with E-state index in [2.05, 4.69) is 6.92 Å². The maximum absolute atomic E-state index is 6.26. The normalized spacial score (nSPS) is 12.0. The zero-order chi connectivity index (χ0) is 15.4. The van der Waals surface area contributed by atoms with Gasteiger partial charge in [0.15, 0.2) is 11.5 Å². The van der Waals surface area contributed by atoms with Gasteiger partial charge in [-0.25, -0.2) is 0 Å². The summed E-state index contributed by atoms with van der Waals surface area (Å²) in [5.41, 5.74) is 8.01. The van der Waals surface area contributed by atoms with Crippen LogP contribution in [0.2, 0.25) is 5.02 Å². The summed E-state index contributed by atoms with van der Waals surface area (Å²) in [4.78, 5) is 0. The Labute approximate surface area is 130 Å². The fourth-order valence-electron chi connectivity index (χ4n) is 2.02. The van der Waals surface area contributed by atoms with Crippen LogP contribution in [0.25, 0.3) is 0 Å². The first-order valence-corrected chi connectivity index (χ1v) is 7.32. The molecule has 0 fully saturated rings. The Balaban J connectivity index is 2.29. The highest BCUT2D eigenvalue weighted by atomic mass is 35.5. The Morgan fingerprint density at radius 3 is 2.38 bits per heavy atom. The molecule has 3 nitrogen and oxygen atoms in total. The van der Waals surface area contributed by atoms with Crippen LogP contribution in [-0.2, 0) is 6.42 Å². The van der Waals surface area contributed by atoms with Crippen molar-refractivity contribution in [2.45, 2.75) is 26.3 Å². The maximum atomic E-state index is 6.26. The average Bonchev–Trinajstić information content (AvgIpc) is 2.49. The molecule has 1 atom stereocenters. The molecule has 0 aliphatic carbocycles. The van der Waals surface area contributed by atoms with Crippen LogP contribution in [0, 0.1) is 0 Å². The van der Waals surface area contributed by atoms with Gasteiger partial charge < -0.3 is 15.2 Å². The van der Waals surface area contributed by atoms with E-state index >= 15 is 0 Å². The van der Waals surface area contributed by atoms with Gasteiger partial charge in [0.2, 0.25) is 0 Å². The Hall–Kier alpha value is -1.71. The molecule has 0 saturated carbocycles. The average molecular weight is 306 g/mol. The minimum absolute atomic E-state index is 0.0603. The van der Waals surface area contributed by atoms with E-state index in [1.165, 1.54) is 5.56 Å². The molecule has 112 valence electrons. The van der Waals surface area contributed by atoms with Crippen LogP contribution in [0.5, 0.6) is 17.2 Å². The second kappa shape index (κ2) is 6.83. The third-order valence-corrected chi connectivity index (χ3v) is 3.63. The summed E-state index contributed by atoms with van der Waals surface area (Å²) in [5.74, 6) is 1.93. The monoisotopic (exact) mass is 305 g/mol. The minimum Gasteiger partial charge on any atom is -0.493 e. The lowest BCUT2D eigenvalue weighted by molar-refractivity contribution is 0.378. The van der Waals surface area contributed by atoms with E-state index in [4.69, 9.17) is 26.8 Å². The van der Waals surface area contributed by atoms with Gasteiger partial charge in [-0.1, -0.05) is 30.7 Å². The van der Waals surface area contributed by atoms with Crippen molar-refractivity contribution < 1.29 is 9.47 Å². The molecule has 0 radical (unpaired) electrons. The molecule has 0 aliphatic heterocycles. The second-order valence-corrected chi connectivity index (χ2v) is 5.33. The largest absolute Gasteiger partial charge is 0.493 e. The number of benzene rings is 2. The molecular weight excluding hydrogens is 286 g/mol. The van der Waals surface area contributed by atoms with Crippen molar-refractivity contribution in [2.75, 3.05) is 7.11 Å². The van der Waals surface area contributed by atoms with E-state index in [1.54, 1.807) is 7.11 Å². The quantitative estimate of drug-likeness (QED) is 0.869. The van der Waals surface area contributed by atoms with Crippen LogP contribution in [0.15, 0.2) is 36.4 Å². The van der Waals surface area contributed by atoms with Crippen molar-refractivity contribution >= 4 is 11.6 Å². The molecule has 4 heteroatoms. The van der Waals surface area contributed by atoms with Crippen LogP contribution in [0.3, 0.4) is 0 Å². The number of methoxy groups -OCH3 is 1. The van der Waals surface area contributed by atoms with Crippen molar-refractivity contribution in [3.05, 3.63) is 52.5 Å². The highest BCUT2D eigenvalue weighted by molar-refractivity contribution is 6.32. The molecule has 2 aromatic rings. The molecule has 21 heavy (non-hydrogen) atoms. The smallest absolute Gasteiger partial charge is 0.169 e. The molecule has 0 heterocycles. The molecule has 0 spiro atoms. The topological polar surface area (TPSA) is 44.5 Å². The lowest BCUT2D eigenvalue weighted by atomic mass is 10.1. The van der Waals surface area contributed by atoms with E-state index in [0.29, 0.717) is 22.3 Å². The number of hydrogen-bond acceptors (Lipinski definition) is 3. The van der Waals surface area contributed by atoms with Gasteiger partial charge >= 0.3 is 0 Å². The van der Waals surface area contributed by atoms with Crippen molar-refractivity contribution in [3.63, 3.8) is 0 Å². The highest BCUT2D eigenvalue weighted by Crippen LogP contribution is 2.36. The van der Waals surface area contributed by atoms with Crippen molar-refractivity contribution in [2.24, 2.45) is 5.73 Å². The van der Waals surface area contributed by atoms with E-state index in [-0.39, 0.29) is 6.04 Å². The zero-order valence-electron chi connectivity index (χ0n) is 12.5. The Kier molecular flexibility index (Phi) is 5.10. The summed E-state index contributed by atoms with van der Waals surface area (Å²) in [5, 5.41) is 0.534. The molecule has 2 N–H and O–H groups in total. The van der Waals surface area contributed by atoms with E-state index < -0.39 is 0 Å². The van der Waals surface area contributed by atoms with Crippen LogP contribution in [0.1, 0.15) is 31.0 Å². The summed E-state index contributed by atoms with van der Waals surface area (Å²) < 4.78 is 11.2. The van der Waals surface area contributed by atoms with Crippen molar-refractivity contribution in [3.8, 4) is 17.2 Å². The zero-order valence-corrected chi connectivity index (χ0v) is 13.3. The highest BCUT2D eigenvalue weighted by Gasteiger charge is 2.10. The van der Waals surface area contributed by atoms with Gasteiger partial charge in [0.25, 0.3) is 0 Å². The molecule has 2 rings (SSSR count). The number of hydrogen-bond donors (Lipinski definition) is 1. The Bertz CT molecular complexity index is 626. The third kappa shape index (κ3) is 3.69. The van der Waals surface area contributed by atoms with Gasteiger partial charge in [0, 0.05) is 6.04 Å². The fraction of sp³-hybridized carbons (Fsp3) is 0.294. The minimum atomic E-state index is -0.0603. The van der Waals surface area contributed by atoms with Crippen molar-refractivity contribution in [1.82, 2.24) is 0 Å². The summed E-state index contributed by atoms with van der Waals surface area (Å²) in [6.45, 7) is 4.01. The second-order valence-electron chi connectivity index (χ2n) is 4.92. The van der Waals surface area contributed by atoms with E-state index in [1.807, 2.05) is 43.3 Å². The van der Waals surface area contributed by atoms with Crippen molar-refractivity contribution in [1.29, 1.82) is 0 Å². The van der Waals surface area contributed by atoms with Gasteiger partial charge in [-0.05, 0) is 48.7 Å².